The lowest BCUT2D eigenvalue weighted by Gasteiger charge is -2.12. The van der Waals surface area contributed by atoms with Crippen molar-refractivity contribution in [1.82, 2.24) is 15.5 Å². The topological polar surface area (TPSA) is 84.1 Å². The summed E-state index contributed by atoms with van der Waals surface area (Å²) in [7, 11) is 0. The van der Waals surface area contributed by atoms with Crippen LogP contribution in [-0.2, 0) is 9.53 Å². The van der Waals surface area contributed by atoms with Gasteiger partial charge < -0.3 is 10.1 Å². The molecule has 0 aliphatic rings. The molecule has 1 atom stereocenters. The van der Waals surface area contributed by atoms with Crippen molar-refractivity contribution in [3.05, 3.63) is 42.1 Å². The average molecular weight is 273 g/mol. The molecule has 0 aliphatic heterocycles. The summed E-state index contributed by atoms with van der Waals surface area (Å²) in [6, 6.07) is 11.2. The fraction of sp³-hybridized carbons (Fsp3) is 0.214. The third-order valence-electron chi connectivity index (χ3n) is 2.57. The van der Waals surface area contributed by atoms with E-state index in [1.807, 2.05) is 30.3 Å². The number of nitrogens with zero attached hydrogens (tertiary/aromatic N) is 1. The summed E-state index contributed by atoms with van der Waals surface area (Å²) in [5.41, 5.74) is 1.92. The van der Waals surface area contributed by atoms with Crippen LogP contribution in [0.15, 0.2) is 36.4 Å². The molecule has 2 rings (SSSR count). The van der Waals surface area contributed by atoms with E-state index >= 15 is 0 Å². The fourth-order valence-electron chi connectivity index (χ4n) is 1.74. The number of carbonyl (C=O) groups excluding carboxylic acids is 2. The Balaban J connectivity index is 2.05. The third kappa shape index (κ3) is 3.44. The van der Waals surface area contributed by atoms with Crippen molar-refractivity contribution in [2.24, 2.45) is 0 Å². The Morgan fingerprint density at radius 3 is 2.65 bits per heavy atom. The molecule has 0 aliphatic carbocycles. The standard InChI is InChI=1S/C14H15N3O3/c1-9(20-10(2)18)15-14(19)13-8-12(16-17-13)11-6-4-3-5-7-11/h3-9H,1-2H3,(H,15,19)(H,16,17). The Morgan fingerprint density at radius 2 is 2.00 bits per heavy atom. The molecule has 1 unspecified atom stereocenters. The van der Waals surface area contributed by atoms with Crippen LogP contribution < -0.4 is 5.32 Å². The second kappa shape index (κ2) is 6.01. The number of amides is 1. The molecule has 20 heavy (non-hydrogen) atoms. The zero-order valence-corrected chi connectivity index (χ0v) is 11.2. The number of aromatic amines is 1. The average Bonchev–Trinajstić information content (AvgIpc) is 2.88. The Hall–Kier alpha value is -2.63. The van der Waals surface area contributed by atoms with Gasteiger partial charge in [-0.15, -0.1) is 0 Å². The molecule has 1 heterocycles. The maximum Gasteiger partial charge on any atom is 0.304 e. The maximum absolute atomic E-state index is 11.9. The fourth-order valence-corrected chi connectivity index (χ4v) is 1.74. The number of ether oxygens (including phenoxy) is 1. The van der Waals surface area contributed by atoms with Crippen molar-refractivity contribution in [2.75, 3.05) is 0 Å². The van der Waals surface area contributed by atoms with Gasteiger partial charge in [-0.3, -0.25) is 14.7 Å². The third-order valence-corrected chi connectivity index (χ3v) is 2.57. The van der Waals surface area contributed by atoms with E-state index < -0.39 is 18.1 Å². The molecule has 0 saturated carbocycles. The molecule has 0 saturated heterocycles. The molecule has 0 bridgehead atoms. The van der Waals surface area contributed by atoms with E-state index in [9.17, 15) is 9.59 Å². The minimum Gasteiger partial charge on any atom is -0.442 e. The highest BCUT2D eigenvalue weighted by Crippen LogP contribution is 2.16. The van der Waals surface area contributed by atoms with Crippen LogP contribution in [0.1, 0.15) is 24.3 Å². The number of esters is 1. The number of benzene rings is 1. The Kier molecular flexibility index (Phi) is 4.14. The molecule has 6 nitrogen and oxygen atoms in total. The van der Waals surface area contributed by atoms with Gasteiger partial charge in [0.25, 0.3) is 5.91 Å². The van der Waals surface area contributed by atoms with Gasteiger partial charge in [-0.1, -0.05) is 30.3 Å². The lowest BCUT2D eigenvalue weighted by Crippen LogP contribution is -2.35. The van der Waals surface area contributed by atoms with Crippen molar-refractivity contribution in [3.63, 3.8) is 0 Å². The maximum atomic E-state index is 11.9. The van der Waals surface area contributed by atoms with Crippen molar-refractivity contribution in [2.45, 2.75) is 20.1 Å². The van der Waals surface area contributed by atoms with Gasteiger partial charge >= 0.3 is 5.97 Å². The quantitative estimate of drug-likeness (QED) is 0.656. The van der Waals surface area contributed by atoms with Crippen molar-refractivity contribution >= 4 is 11.9 Å². The van der Waals surface area contributed by atoms with Crippen molar-refractivity contribution < 1.29 is 14.3 Å². The van der Waals surface area contributed by atoms with Crippen LogP contribution in [-0.4, -0.2) is 28.3 Å². The van der Waals surface area contributed by atoms with Gasteiger partial charge in [-0.05, 0) is 18.6 Å². The molecule has 1 amide bonds. The molecule has 104 valence electrons. The lowest BCUT2D eigenvalue weighted by molar-refractivity contribution is -0.146. The van der Waals surface area contributed by atoms with Gasteiger partial charge in [0.1, 0.15) is 0 Å². The van der Waals surface area contributed by atoms with Gasteiger partial charge in [-0.25, -0.2) is 0 Å². The molecule has 0 spiro atoms. The summed E-state index contributed by atoms with van der Waals surface area (Å²) >= 11 is 0. The normalized spacial score (nSPS) is 11.7. The van der Waals surface area contributed by atoms with E-state index in [1.54, 1.807) is 13.0 Å². The van der Waals surface area contributed by atoms with E-state index in [0.717, 1.165) is 11.3 Å². The van der Waals surface area contributed by atoms with E-state index in [0.29, 0.717) is 0 Å². The molecule has 0 radical (unpaired) electrons. The van der Waals surface area contributed by atoms with Crippen molar-refractivity contribution in [3.8, 4) is 11.3 Å². The summed E-state index contributed by atoms with van der Waals surface area (Å²) < 4.78 is 4.82. The lowest BCUT2D eigenvalue weighted by atomic mass is 10.1. The predicted molar refractivity (Wildman–Crippen MR) is 72.7 cm³/mol. The van der Waals surface area contributed by atoms with Crippen LogP contribution in [0.25, 0.3) is 11.3 Å². The number of hydrogen-bond acceptors (Lipinski definition) is 4. The molecule has 1 aromatic carbocycles. The number of rotatable bonds is 4. The van der Waals surface area contributed by atoms with E-state index in [4.69, 9.17) is 4.74 Å². The number of hydrogen-bond donors (Lipinski definition) is 2. The minimum absolute atomic E-state index is 0.239. The van der Waals surface area contributed by atoms with E-state index in [1.165, 1.54) is 6.92 Å². The van der Waals surface area contributed by atoms with Crippen LogP contribution in [0.4, 0.5) is 0 Å². The highest BCUT2D eigenvalue weighted by Gasteiger charge is 2.15. The first-order valence-corrected chi connectivity index (χ1v) is 6.15. The molecule has 2 N–H and O–H groups in total. The first-order valence-electron chi connectivity index (χ1n) is 6.15. The molecule has 6 heteroatoms. The Labute approximate surface area is 116 Å². The smallest absolute Gasteiger partial charge is 0.304 e. The second-order valence-corrected chi connectivity index (χ2v) is 4.26. The number of nitrogens with one attached hydrogen (secondary N) is 2. The number of carbonyl (C=O) groups is 2. The van der Waals surface area contributed by atoms with Crippen LogP contribution in [0, 0.1) is 0 Å². The first kappa shape index (κ1) is 13.8. The van der Waals surface area contributed by atoms with Crippen LogP contribution in [0.3, 0.4) is 0 Å². The first-order chi connectivity index (χ1) is 9.56. The summed E-state index contributed by atoms with van der Waals surface area (Å²) in [5, 5.41) is 9.27. The van der Waals surface area contributed by atoms with Gasteiger partial charge in [0.05, 0.1) is 5.69 Å². The highest BCUT2D eigenvalue weighted by molar-refractivity contribution is 5.93. The Morgan fingerprint density at radius 1 is 1.30 bits per heavy atom. The zero-order chi connectivity index (χ0) is 14.5. The Bertz CT molecular complexity index is 607. The van der Waals surface area contributed by atoms with Crippen LogP contribution in [0.2, 0.25) is 0 Å². The highest BCUT2D eigenvalue weighted by atomic mass is 16.6. The summed E-state index contributed by atoms with van der Waals surface area (Å²) in [6.45, 7) is 2.86. The second-order valence-electron chi connectivity index (χ2n) is 4.26. The summed E-state index contributed by atoms with van der Waals surface area (Å²) in [6.07, 6.45) is -0.697. The largest absolute Gasteiger partial charge is 0.442 e. The molecular formula is C14H15N3O3. The van der Waals surface area contributed by atoms with Crippen LogP contribution >= 0.6 is 0 Å². The van der Waals surface area contributed by atoms with Gasteiger partial charge in [0.15, 0.2) is 11.9 Å². The van der Waals surface area contributed by atoms with Gasteiger partial charge in [0.2, 0.25) is 0 Å². The van der Waals surface area contributed by atoms with Crippen LogP contribution in [0.5, 0.6) is 0 Å². The van der Waals surface area contributed by atoms with Gasteiger partial charge in [-0.2, -0.15) is 5.10 Å². The van der Waals surface area contributed by atoms with Gasteiger partial charge in [0, 0.05) is 6.92 Å². The number of aromatic nitrogens is 2. The summed E-state index contributed by atoms with van der Waals surface area (Å²) in [4.78, 5) is 22.7. The summed E-state index contributed by atoms with van der Waals surface area (Å²) in [5.74, 6) is -0.859. The van der Waals surface area contributed by atoms with Crippen molar-refractivity contribution in [1.29, 1.82) is 0 Å². The number of H-pyrrole nitrogens is 1. The monoisotopic (exact) mass is 273 g/mol. The molecule has 0 fully saturated rings. The van der Waals surface area contributed by atoms with E-state index in [-0.39, 0.29) is 5.69 Å². The predicted octanol–water partition coefficient (Wildman–Crippen LogP) is 1.72. The molecule has 1 aromatic heterocycles. The molecule has 2 aromatic rings. The zero-order valence-electron chi connectivity index (χ0n) is 11.2. The SMILES string of the molecule is CC(=O)OC(C)NC(=O)c1cc(-c2ccccc2)[nH]n1. The minimum atomic E-state index is -0.697. The molecular weight excluding hydrogens is 258 g/mol. The van der Waals surface area contributed by atoms with E-state index in [2.05, 4.69) is 15.5 Å².